The molecule has 4 heterocycles. The number of alkyl halides is 3. The van der Waals surface area contributed by atoms with Crippen LogP contribution in [-0.2, 0) is 6.54 Å². The largest absolute Gasteiger partial charge is 0.573 e. The van der Waals surface area contributed by atoms with Crippen LogP contribution < -0.4 is 9.64 Å². The Labute approximate surface area is 155 Å². The molecule has 2 aromatic rings. The minimum atomic E-state index is -4.66. The van der Waals surface area contributed by atoms with E-state index in [1.807, 2.05) is 13.8 Å². The van der Waals surface area contributed by atoms with Gasteiger partial charge in [0.1, 0.15) is 17.9 Å². The van der Waals surface area contributed by atoms with Crippen LogP contribution in [0.5, 0.6) is 5.75 Å². The van der Waals surface area contributed by atoms with Gasteiger partial charge < -0.3 is 9.64 Å². The molecule has 5 nitrogen and oxygen atoms in total. The molecule has 1 aromatic carbocycles. The summed E-state index contributed by atoms with van der Waals surface area (Å²) < 4.78 is 40.7. The zero-order chi connectivity index (χ0) is 19.2. The van der Waals surface area contributed by atoms with E-state index in [1.54, 1.807) is 18.5 Å². The van der Waals surface area contributed by atoms with E-state index in [9.17, 15) is 13.2 Å². The summed E-state index contributed by atoms with van der Waals surface area (Å²) in [6.07, 6.45) is -1.90. The quantitative estimate of drug-likeness (QED) is 0.815. The summed E-state index contributed by atoms with van der Waals surface area (Å²) in [7, 11) is 0. The number of aromatic nitrogens is 2. The molecule has 3 aliphatic rings. The van der Waals surface area contributed by atoms with Crippen LogP contribution in [0.1, 0.15) is 23.2 Å². The van der Waals surface area contributed by atoms with Crippen LogP contribution in [0.2, 0.25) is 0 Å². The topological polar surface area (TPSA) is 41.5 Å². The number of benzene rings is 1. The Morgan fingerprint density at radius 1 is 1.07 bits per heavy atom. The minimum Gasteiger partial charge on any atom is -0.406 e. The third kappa shape index (κ3) is 3.71. The lowest BCUT2D eigenvalue weighted by Crippen LogP contribution is -2.68. The van der Waals surface area contributed by atoms with Crippen molar-refractivity contribution in [2.45, 2.75) is 45.3 Å². The lowest BCUT2D eigenvalue weighted by molar-refractivity contribution is -0.274. The van der Waals surface area contributed by atoms with Crippen LogP contribution in [0.4, 0.5) is 19.0 Å². The van der Waals surface area contributed by atoms with Crippen molar-refractivity contribution >= 4 is 5.82 Å². The minimum absolute atomic E-state index is 0.184. The van der Waals surface area contributed by atoms with Gasteiger partial charge in [0.15, 0.2) is 0 Å². The first-order chi connectivity index (χ1) is 12.8. The second-order valence-corrected chi connectivity index (χ2v) is 7.22. The molecule has 2 atom stereocenters. The van der Waals surface area contributed by atoms with Crippen molar-refractivity contribution in [3.8, 4) is 5.75 Å². The highest BCUT2D eigenvalue weighted by Gasteiger charge is 2.45. The maximum absolute atomic E-state index is 12.3. The third-order valence-electron chi connectivity index (χ3n) is 5.48. The molecule has 0 aliphatic carbocycles. The zero-order valence-electron chi connectivity index (χ0n) is 15.2. The van der Waals surface area contributed by atoms with Gasteiger partial charge in [-0.05, 0) is 38.0 Å². The predicted octanol–water partition coefficient (Wildman–Crippen LogP) is 3.46. The molecule has 0 radical (unpaired) electrons. The molecular weight excluding hydrogens is 357 g/mol. The van der Waals surface area contributed by atoms with Crippen molar-refractivity contribution in [2.75, 3.05) is 18.0 Å². The van der Waals surface area contributed by atoms with Crippen molar-refractivity contribution in [3.05, 3.63) is 47.4 Å². The molecule has 2 bridgehead atoms. The van der Waals surface area contributed by atoms with Gasteiger partial charge in [-0.3, -0.25) is 4.90 Å². The van der Waals surface area contributed by atoms with E-state index >= 15 is 0 Å². The normalized spacial score (nSPS) is 22.5. The van der Waals surface area contributed by atoms with Gasteiger partial charge in [-0.25, -0.2) is 9.97 Å². The second kappa shape index (κ2) is 6.67. The van der Waals surface area contributed by atoms with Crippen molar-refractivity contribution < 1.29 is 17.9 Å². The molecule has 27 heavy (non-hydrogen) atoms. The van der Waals surface area contributed by atoms with Gasteiger partial charge in [-0.2, -0.15) is 0 Å². The van der Waals surface area contributed by atoms with Crippen molar-refractivity contribution in [1.29, 1.82) is 0 Å². The maximum Gasteiger partial charge on any atom is 0.573 e. The number of rotatable bonds is 4. The number of ether oxygens (including phenoxy) is 1. The van der Waals surface area contributed by atoms with E-state index in [0.29, 0.717) is 12.1 Å². The molecule has 3 aliphatic heterocycles. The first-order valence-corrected chi connectivity index (χ1v) is 8.94. The highest BCUT2D eigenvalue weighted by molar-refractivity contribution is 5.49. The highest BCUT2D eigenvalue weighted by atomic mass is 19.4. The van der Waals surface area contributed by atoms with Crippen LogP contribution in [0, 0.1) is 13.8 Å². The molecule has 3 saturated heterocycles. The van der Waals surface area contributed by atoms with E-state index in [0.717, 1.165) is 48.7 Å². The molecule has 5 rings (SSSR count). The fraction of sp³-hybridized carbons (Fsp3) is 0.474. The summed E-state index contributed by atoms with van der Waals surface area (Å²) in [6.45, 7) is 6.58. The zero-order valence-corrected chi connectivity index (χ0v) is 15.2. The highest BCUT2D eigenvalue weighted by Crippen LogP contribution is 2.36. The lowest BCUT2D eigenvalue weighted by atomic mass is 9.86. The number of hydrogen-bond acceptors (Lipinski definition) is 5. The molecule has 0 saturated carbocycles. The Bertz CT molecular complexity index is 813. The van der Waals surface area contributed by atoms with E-state index in [4.69, 9.17) is 0 Å². The van der Waals surface area contributed by atoms with Gasteiger partial charge in [0, 0.05) is 43.0 Å². The van der Waals surface area contributed by atoms with Crippen molar-refractivity contribution in [1.82, 2.24) is 14.9 Å². The van der Waals surface area contributed by atoms with Gasteiger partial charge in [0.2, 0.25) is 0 Å². The molecule has 0 spiro atoms. The van der Waals surface area contributed by atoms with Gasteiger partial charge >= 0.3 is 6.36 Å². The number of aryl methyl sites for hydroxylation is 1. The Hall–Kier alpha value is -2.35. The molecule has 144 valence electrons. The number of piperazine rings is 1. The van der Waals surface area contributed by atoms with E-state index in [-0.39, 0.29) is 5.75 Å². The molecular formula is C19H21F3N4O. The van der Waals surface area contributed by atoms with E-state index in [1.165, 1.54) is 12.1 Å². The average Bonchev–Trinajstić information content (AvgIpc) is 2.62. The first kappa shape index (κ1) is 18.0. The van der Waals surface area contributed by atoms with Crippen LogP contribution in [-0.4, -0.2) is 46.4 Å². The van der Waals surface area contributed by atoms with Crippen LogP contribution >= 0.6 is 0 Å². The molecule has 3 fully saturated rings. The average molecular weight is 378 g/mol. The van der Waals surface area contributed by atoms with Gasteiger partial charge in [-0.1, -0.05) is 12.1 Å². The molecule has 0 amide bonds. The van der Waals surface area contributed by atoms with E-state index in [2.05, 4.69) is 24.5 Å². The number of nitrogens with zero attached hydrogens (tertiary/aromatic N) is 4. The molecule has 8 heteroatoms. The van der Waals surface area contributed by atoms with Gasteiger partial charge in [0.25, 0.3) is 0 Å². The summed E-state index contributed by atoms with van der Waals surface area (Å²) in [4.78, 5) is 13.4. The summed E-state index contributed by atoms with van der Waals surface area (Å²) >= 11 is 0. The Kier molecular flexibility index (Phi) is 4.46. The number of anilines is 1. The second-order valence-electron chi connectivity index (χ2n) is 7.22. The smallest absolute Gasteiger partial charge is 0.406 e. The Balaban J connectivity index is 1.39. The number of fused-ring (bicyclic) bond motifs is 2. The van der Waals surface area contributed by atoms with Crippen LogP contribution in [0.3, 0.4) is 0 Å². The van der Waals surface area contributed by atoms with Crippen molar-refractivity contribution in [2.24, 2.45) is 0 Å². The Morgan fingerprint density at radius 3 is 2.37 bits per heavy atom. The molecule has 1 aromatic heterocycles. The molecule has 0 N–H and O–H groups in total. The number of hydrogen-bond donors (Lipinski definition) is 0. The van der Waals surface area contributed by atoms with Crippen LogP contribution in [0.25, 0.3) is 0 Å². The summed E-state index contributed by atoms with van der Waals surface area (Å²) in [5.74, 6) is 0.821. The SMILES string of the molecule is Cc1ncnc(N2CC3CC(C2)N3Cc2ccc(OC(F)(F)F)cc2)c1C. The monoisotopic (exact) mass is 378 g/mol. The van der Waals surface area contributed by atoms with E-state index < -0.39 is 6.36 Å². The van der Waals surface area contributed by atoms with Crippen molar-refractivity contribution in [3.63, 3.8) is 0 Å². The standard InChI is InChI=1S/C19H21F3N4O/c1-12-13(2)23-11-24-18(12)25-9-15-7-16(10-25)26(15)8-14-3-5-17(6-4-14)27-19(20,21)22/h3-6,11,15-16H,7-10H2,1-2H3. The Morgan fingerprint density at radius 2 is 1.74 bits per heavy atom. The predicted molar refractivity (Wildman–Crippen MR) is 94.6 cm³/mol. The van der Waals surface area contributed by atoms with Gasteiger partial charge in [0.05, 0.1) is 0 Å². The van der Waals surface area contributed by atoms with Gasteiger partial charge in [-0.15, -0.1) is 13.2 Å². The summed E-state index contributed by atoms with van der Waals surface area (Å²) in [5, 5.41) is 0. The summed E-state index contributed by atoms with van der Waals surface area (Å²) in [5.41, 5.74) is 3.10. The lowest BCUT2D eigenvalue weighted by Gasteiger charge is -2.57. The fourth-order valence-electron chi connectivity index (χ4n) is 3.97. The maximum atomic E-state index is 12.3. The summed E-state index contributed by atoms with van der Waals surface area (Å²) in [6, 6.07) is 7.01. The number of halogens is 3. The van der Waals surface area contributed by atoms with Crippen LogP contribution in [0.15, 0.2) is 30.6 Å². The fourth-order valence-corrected chi connectivity index (χ4v) is 3.97. The molecule has 2 unspecified atom stereocenters. The third-order valence-corrected chi connectivity index (χ3v) is 5.48. The first-order valence-electron chi connectivity index (χ1n) is 8.94. The number of piperidine rings is 1.